The van der Waals surface area contributed by atoms with Crippen molar-refractivity contribution in [2.75, 3.05) is 19.8 Å². The molecule has 1 saturated heterocycles. The van der Waals surface area contributed by atoms with Crippen molar-refractivity contribution < 1.29 is 23.9 Å². The van der Waals surface area contributed by atoms with Crippen molar-refractivity contribution in [1.82, 2.24) is 15.5 Å². The zero-order chi connectivity index (χ0) is 26.2. The maximum atomic E-state index is 13.9. The average molecular weight is 500 g/mol. The molecule has 37 heavy (non-hydrogen) atoms. The van der Waals surface area contributed by atoms with Crippen LogP contribution >= 0.6 is 0 Å². The summed E-state index contributed by atoms with van der Waals surface area (Å²) >= 11 is 0. The van der Waals surface area contributed by atoms with E-state index in [-0.39, 0.29) is 6.04 Å². The second-order valence-electron chi connectivity index (χ2n) is 9.43. The van der Waals surface area contributed by atoms with Gasteiger partial charge in [0.1, 0.15) is 19.8 Å². The molecule has 8 heteroatoms. The first-order valence-electron chi connectivity index (χ1n) is 12.3. The lowest BCUT2D eigenvalue weighted by atomic mass is 9.81. The number of urea groups is 1. The van der Waals surface area contributed by atoms with Crippen LogP contribution in [0.3, 0.4) is 0 Å². The van der Waals surface area contributed by atoms with Crippen LogP contribution in [-0.4, -0.2) is 42.5 Å². The van der Waals surface area contributed by atoms with Crippen molar-refractivity contribution in [3.63, 3.8) is 0 Å². The van der Waals surface area contributed by atoms with Gasteiger partial charge in [-0.2, -0.15) is 0 Å². The molecular weight excluding hydrogens is 470 g/mol. The standard InChI is InChI=1S/C29H29N3O5/c1-18-9-11-23(15-19(18)2)29(22-7-5-4-6-8-22)27(34)32(28(35)31-29)17-26(33)30-20(3)21-10-12-24-25(16-21)37-14-13-36-24/h4-12,15-16,20H,13-14,17H2,1-3H3,(H,30,33)(H,31,35)/t20-,29-/m0/s1. The third-order valence-corrected chi connectivity index (χ3v) is 7.00. The molecule has 0 unspecified atom stereocenters. The molecule has 2 aliphatic heterocycles. The van der Waals surface area contributed by atoms with Gasteiger partial charge < -0.3 is 20.1 Å². The summed E-state index contributed by atoms with van der Waals surface area (Å²) in [6, 6.07) is 19.3. The Morgan fingerprint density at radius 1 is 0.946 bits per heavy atom. The second kappa shape index (κ2) is 9.61. The van der Waals surface area contributed by atoms with E-state index in [9.17, 15) is 14.4 Å². The number of nitrogens with one attached hydrogen (secondary N) is 2. The zero-order valence-electron chi connectivity index (χ0n) is 21.0. The molecule has 4 amide bonds. The first-order valence-corrected chi connectivity index (χ1v) is 12.3. The maximum Gasteiger partial charge on any atom is 0.326 e. The molecule has 2 N–H and O–H groups in total. The molecule has 190 valence electrons. The van der Waals surface area contributed by atoms with Crippen LogP contribution in [0, 0.1) is 13.8 Å². The van der Waals surface area contributed by atoms with Crippen LogP contribution in [0.1, 0.15) is 40.8 Å². The Morgan fingerprint density at radius 3 is 2.41 bits per heavy atom. The van der Waals surface area contributed by atoms with Gasteiger partial charge in [-0.1, -0.05) is 54.6 Å². The molecule has 2 atom stereocenters. The number of amides is 4. The number of nitrogens with zero attached hydrogens (tertiary/aromatic N) is 1. The summed E-state index contributed by atoms with van der Waals surface area (Å²) in [5.74, 6) is 0.348. The van der Waals surface area contributed by atoms with E-state index in [1.54, 1.807) is 12.1 Å². The number of fused-ring (bicyclic) bond motifs is 1. The van der Waals surface area contributed by atoms with Gasteiger partial charge >= 0.3 is 6.03 Å². The number of hydrogen-bond donors (Lipinski definition) is 2. The van der Waals surface area contributed by atoms with Crippen molar-refractivity contribution in [3.8, 4) is 11.5 Å². The molecule has 0 spiro atoms. The molecule has 5 rings (SSSR count). The minimum Gasteiger partial charge on any atom is -0.486 e. The van der Waals surface area contributed by atoms with E-state index in [1.807, 2.05) is 75.4 Å². The molecule has 8 nitrogen and oxygen atoms in total. The highest BCUT2D eigenvalue weighted by Gasteiger charge is 2.54. The van der Waals surface area contributed by atoms with E-state index in [0.717, 1.165) is 21.6 Å². The highest BCUT2D eigenvalue weighted by molar-refractivity contribution is 6.11. The van der Waals surface area contributed by atoms with Gasteiger partial charge in [0.2, 0.25) is 5.91 Å². The predicted octanol–water partition coefficient (Wildman–Crippen LogP) is 3.75. The van der Waals surface area contributed by atoms with Gasteiger partial charge in [-0.3, -0.25) is 14.5 Å². The van der Waals surface area contributed by atoms with Crippen molar-refractivity contribution in [1.29, 1.82) is 0 Å². The predicted molar refractivity (Wildman–Crippen MR) is 137 cm³/mol. The van der Waals surface area contributed by atoms with Crippen molar-refractivity contribution in [2.45, 2.75) is 32.4 Å². The summed E-state index contributed by atoms with van der Waals surface area (Å²) in [7, 11) is 0. The van der Waals surface area contributed by atoms with Gasteiger partial charge in [0.25, 0.3) is 5.91 Å². The first kappa shape index (κ1) is 24.4. The largest absolute Gasteiger partial charge is 0.486 e. The van der Waals surface area contributed by atoms with Crippen LogP contribution in [-0.2, 0) is 15.1 Å². The minimum absolute atomic E-state index is 0.372. The molecule has 0 aliphatic carbocycles. The smallest absolute Gasteiger partial charge is 0.326 e. The second-order valence-corrected chi connectivity index (χ2v) is 9.43. The number of hydrogen-bond acceptors (Lipinski definition) is 5. The Hall–Kier alpha value is -4.33. The monoisotopic (exact) mass is 499 g/mol. The topological polar surface area (TPSA) is 97.0 Å². The van der Waals surface area contributed by atoms with E-state index in [0.29, 0.717) is 35.8 Å². The van der Waals surface area contributed by atoms with Crippen LogP contribution in [0.5, 0.6) is 11.5 Å². The van der Waals surface area contributed by atoms with Gasteiger partial charge in [-0.05, 0) is 60.7 Å². The average Bonchev–Trinajstić information content (AvgIpc) is 3.16. The third-order valence-electron chi connectivity index (χ3n) is 7.00. The molecule has 2 aliphatic rings. The lowest BCUT2D eigenvalue weighted by Crippen LogP contribution is -2.46. The highest BCUT2D eigenvalue weighted by atomic mass is 16.6. The third kappa shape index (κ3) is 4.39. The number of imide groups is 1. The Kier molecular flexibility index (Phi) is 6.33. The molecular formula is C29H29N3O5. The number of ether oxygens (including phenoxy) is 2. The molecule has 2 heterocycles. The van der Waals surface area contributed by atoms with Crippen molar-refractivity contribution >= 4 is 17.8 Å². The summed E-state index contributed by atoms with van der Waals surface area (Å²) in [6.45, 7) is 6.34. The molecule has 0 bridgehead atoms. The van der Waals surface area contributed by atoms with E-state index >= 15 is 0 Å². The molecule has 0 saturated carbocycles. The fourth-order valence-electron chi connectivity index (χ4n) is 4.78. The van der Waals surface area contributed by atoms with Gasteiger partial charge in [0.15, 0.2) is 17.0 Å². The van der Waals surface area contributed by atoms with Gasteiger partial charge in [0, 0.05) is 0 Å². The Morgan fingerprint density at radius 2 is 1.68 bits per heavy atom. The number of benzene rings is 3. The Labute approximate surface area is 215 Å². The number of rotatable bonds is 6. The fourth-order valence-corrected chi connectivity index (χ4v) is 4.78. The lowest BCUT2D eigenvalue weighted by Gasteiger charge is -2.28. The number of aryl methyl sites for hydroxylation is 2. The van der Waals surface area contributed by atoms with E-state index in [2.05, 4.69) is 10.6 Å². The molecule has 0 aromatic heterocycles. The zero-order valence-corrected chi connectivity index (χ0v) is 21.0. The molecule has 3 aromatic carbocycles. The SMILES string of the molecule is Cc1ccc([C@]2(c3ccccc3)NC(=O)N(CC(=O)N[C@@H](C)c3ccc4c(c3)OCCO4)C2=O)cc1C. The van der Waals surface area contributed by atoms with Gasteiger partial charge in [0.05, 0.1) is 6.04 Å². The Balaban J connectivity index is 1.38. The molecule has 0 radical (unpaired) electrons. The summed E-state index contributed by atoms with van der Waals surface area (Å²) in [5.41, 5.74) is 2.76. The molecule has 3 aromatic rings. The fraction of sp³-hybridized carbons (Fsp3) is 0.276. The summed E-state index contributed by atoms with van der Waals surface area (Å²) in [4.78, 5) is 41.0. The van der Waals surface area contributed by atoms with Crippen LogP contribution < -0.4 is 20.1 Å². The van der Waals surface area contributed by atoms with Crippen LogP contribution in [0.2, 0.25) is 0 Å². The van der Waals surface area contributed by atoms with Crippen LogP contribution in [0.15, 0.2) is 66.7 Å². The molecule has 1 fully saturated rings. The number of carbonyl (C=O) groups is 3. The summed E-state index contributed by atoms with van der Waals surface area (Å²) in [5, 5.41) is 5.78. The summed E-state index contributed by atoms with van der Waals surface area (Å²) in [6.07, 6.45) is 0. The Bertz CT molecular complexity index is 1370. The normalized spacial score (nSPS) is 19.4. The van der Waals surface area contributed by atoms with Crippen molar-refractivity contribution in [2.24, 2.45) is 0 Å². The van der Waals surface area contributed by atoms with Gasteiger partial charge in [-0.15, -0.1) is 0 Å². The van der Waals surface area contributed by atoms with Crippen LogP contribution in [0.4, 0.5) is 4.79 Å². The lowest BCUT2D eigenvalue weighted by molar-refractivity contribution is -0.134. The maximum absolute atomic E-state index is 13.9. The van der Waals surface area contributed by atoms with Crippen LogP contribution in [0.25, 0.3) is 0 Å². The number of carbonyl (C=O) groups excluding carboxylic acids is 3. The quantitative estimate of drug-likeness (QED) is 0.504. The highest BCUT2D eigenvalue weighted by Crippen LogP contribution is 2.37. The first-order chi connectivity index (χ1) is 17.8. The van der Waals surface area contributed by atoms with Crippen molar-refractivity contribution in [3.05, 3.63) is 94.5 Å². The van der Waals surface area contributed by atoms with E-state index in [4.69, 9.17) is 9.47 Å². The summed E-state index contributed by atoms with van der Waals surface area (Å²) < 4.78 is 11.2. The minimum atomic E-state index is -1.42. The van der Waals surface area contributed by atoms with E-state index in [1.165, 1.54) is 0 Å². The van der Waals surface area contributed by atoms with Gasteiger partial charge in [-0.25, -0.2) is 4.79 Å². The van der Waals surface area contributed by atoms with E-state index < -0.39 is 29.9 Å².